The normalized spacial score (nSPS) is 10.9. The molecule has 2 heterocycles. The Labute approximate surface area is 122 Å². The lowest BCUT2D eigenvalue weighted by Gasteiger charge is -2.01. The van der Waals surface area contributed by atoms with Crippen LogP contribution in [0.5, 0.6) is 5.75 Å². The summed E-state index contributed by atoms with van der Waals surface area (Å²) in [6.07, 6.45) is 0.843. The highest BCUT2D eigenvalue weighted by atomic mass is 35.5. The van der Waals surface area contributed by atoms with Crippen molar-refractivity contribution in [2.24, 2.45) is 0 Å². The lowest BCUT2D eigenvalue weighted by Crippen LogP contribution is -1.96. The van der Waals surface area contributed by atoms with Crippen molar-refractivity contribution in [1.82, 2.24) is 14.6 Å². The van der Waals surface area contributed by atoms with E-state index in [4.69, 9.17) is 16.3 Å². The second-order valence-electron chi connectivity index (χ2n) is 4.46. The first kappa shape index (κ1) is 12.9. The van der Waals surface area contributed by atoms with Gasteiger partial charge in [-0.05, 0) is 24.6 Å². The molecule has 0 aliphatic heterocycles. The number of aryl methyl sites for hydroxylation is 1. The summed E-state index contributed by atoms with van der Waals surface area (Å²) >= 11 is 6.24. The van der Waals surface area contributed by atoms with Crippen molar-refractivity contribution in [3.8, 4) is 17.0 Å². The quantitative estimate of drug-likeness (QED) is 0.691. The number of methoxy groups -OCH3 is 1. The topological polar surface area (TPSA) is 39.4 Å². The summed E-state index contributed by atoms with van der Waals surface area (Å²) in [6, 6.07) is 11.5. The number of halogens is 1. The molecule has 0 amide bonds. The highest BCUT2D eigenvalue weighted by Crippen LogP contribution is 2.25. The molecule has 0 aliphatic rings. The van der Waals surface area contributed by atoms with Crippen molar-refractivity contribution in [2.45, 2.75) is 13.3 Å². The Balaban J connectivity index is 2.14. The second-order valence-corrected chi connectivity index (χ2v) is 4.84. The summed E-state index contributed by atoms with van der Waals surface area (Å²) < 4.78 is 6.88. The van der Waals surface area contributed by atoms with Crippen molar-refractivity contribution in [3.63, 3.8) is 0 Å². The van der Waals surface area contributed by atoms with Crippen LogP contribution < -0.4 is 4.74 Å². The van der Waals surface area contributed by atoms with E-state index < -0.39 is 0 Å². The number of hydrogen-bond donors (Lipinski definition) is 0. The van der Waals surface area contributed by atoms with E-state index in [-0.39, 0.29) is 0 Å². The van der Waals surface area contributed by atoms with Crippen LogP contribution in [0, 0.1) is 0 Å². The number of benzene rings is 1. The molecule has 0 saturated carbocycles. The van der Waals surface area contributed by atoms with Gasteiger partial charge in [-0.1, -0.05) is 30.7 Å². The summed E-state index contributed by atoms with van der Waals surface area (Å²) in [5, 5.41) is 5.07. The zero-order valence-electron chi connectivity index (χ0n) is 11.3. The van der Waals surface area contributed by atoms with E-state index in [2.05, 4.69) is 17.0 Å². The monoisotopic (exact) mass is 287 g/mol. The molecule has 0 N–H and O–H groups in total. The molecule has 0 spiro atoms. The molecule has 0 aliphatic carbocycles. The third kappa shape index (κ3) is 2.23. The molecule has 4 nitrogen and oxygen atoms in total. The SMILES string of the molecule is CCc1cc(Cl)n2nc(-c3cccc(OC)c3)cc2n1. The van der Waals surface area contributed by atoms with Gasteiger partial charge in [-0.25, -0.2) is 9.50 Å². The fourth-order valence-corrected chi connectivity index (χ4v) is 2.34. The van der Waals surface area contributed by atoms with Crippen molar-refractivity contribution in [2.75, 3.05) is 7.11 Å². The predicted octanol–water partition coefficient (Wildman–Crippen LogP) is 3.62. The Morgan fingerprint density at radius 3 is 2.85 bits per heavy atom. The van der Waals surface area contributed by atoms with Gasteiger partial charge in [0.25, 0.3) is 0 Å². The summed E-state index contributed by atoms with van der Waals surface area (Å²) in [5.41, 5.74) is 3.52. The molecule has 0 unspecified atom stereocenters. The fraction of sp³-hybridized carbons (Fsp3) is 0.200. The zero-order valence-corrected chi connectivity index (χ0v) is 12.1. The zero-order chi connectivity index (χ0) is 14.1. The maximum Gasteiger partial charge on any atom is 0.157 e. The molecule has 3 rings (SSSR count). The third-order valence-electron chi connectivity index (χ3n) is 3.16. The maximum atomic E-state index is 6.24. The van der Waals surface area contributed by atoms with Crippen LogP contribution >= 0.6 is 11.6 Å². The second kappa shape index (κ2) is 5.13. The Morgan fingerprint density at radius 1 is 1.25 bits per heavy atom. The highest BCUT2D eigenvalue weighted by Gasteiger charge is 2.09. The van der Waals surface area contributed by atoms with Crippen LogP contribution in [0.4, 0.5) is 0 Å². The van der Waals surface area contributed by atoms with Gasteiger partial charge in [0.1, 0.15) is 10.9 Å². The summed E-state index contributed by atoms with van der Waals surface area (Å²) in [6.45, 7) is 2.05. The first-order chi connectivity index (χ1) is 9.71. The van der Waals surface area contributed by atoms with E-state index in [0.29, 0.717) is 5.15 Å². The predicted molar refractivity (Wildman–Crippen MR) is 79.4 cm³/mol. The minimum Gasteiger partial charge on any atom is -0.497 e. The number of hydrogen-bond acceptors (Lipinski definition) is 3. The lowest BCUT2D eigenvalue weighted by molar-refractivity contribution is 0.415. The van der Waals surface area contributed by atoms with Crippen LogP contribution in [-0.4, -0.2) is 21.7 Å². The number of aromatic nitrogens is 3. The fourth-order valence-electron chi connectivity index (χ4n) is 2.09. The Kier molecular flexibility index (Phi) is 3.32. The van der Waals surface area contributed by atoms with Crippen LogP contribution in [0.1, 0.15) is 12.6 Å². The van der Waals surface area contributed by atoms with E-state index in [1.807, 2.05) is 36.4 Å². The van der Waals surface area contributed by atoms with Gasteiger partial charge in [-0.2, -0.15) is 5.10 Å². The van der Waals surface area contributed by atoms with Crippen molar-refractivity contribution in [1.29, 1.82) is 0 Å². The minimum atomic E-state index is 0.570. The number of rotatable bonds is 3. The van der Waals surface area contributed by atoms with Crippen LogP contribution in [0.2, 0.25) is 5.15 Å². The van der Waals surface area contributed by atoms with E-state index in [9.17, 15) is 0 Å². The molecule has 5 heteroatoms. The van der Waals surface area contributed by atoms with Gasteiger partial charge in [-0.3, -0.25) is 0 Å². The molecule has 2 aromatic heterocycles. The van der Waals surface area contributed by atoms with Crippen LogP contribution in [0.3, 0.4) is 0 Å². The molecule has 3 aromatic rings. The standard InChI is InChI=1S/C15H14ClN3O/c1-3-11-8-14(16)19-15(17-11)9-13(18-19)10-5-4-6-12(7-10)20-2/h4-9H,3H2,1-2H3. The molecular weight excluding hydrogens is 274 g/mol. The molecule has 0 saturated heterocycles. The van der Waals surface area contributed by atoms with Crippen LogP contribution in [0.15, 0.2) is 36.4 Å². The van der Waals surface area contributed by atoms with Crippen LogP contribution in [-0.2, 0) is 6.42 Å². The number of nitrogens with zero attached hydrogens (tertiary/aromatic N) is 3. The third-order valence-corrected chi connectivity index (χ3v) is 3.43. The largest absolute Gasteiger partial charge is 0.497 e. The molecule has 0 bridgehead atoms. The van der Waals surface area contributed by atoms with Gasteiger partial charge in [0.05, 0.1) is 12.8 Å². The van der Waals surface area contributed by atoms with Crippen molar-refractivity contribution in [3.05, 3.63) is 47.2 Å². The summed E-state index contributed by atoms with van der Waals surface area (Å²) in [5.74, 6) is 0.799. The van der Waals surface area contributed by atoms with E-state index in [1.54, 1.807) is 11.6 Å². The Bertz CT molecular complexity index is 767. The van der Waals surface area contributed by atoms with Gasteiger partial charge in [0.15, 0.2) is 5.65 Å². The Morgan fingerprint density at radius 2 is 2.10 bits per heavy atom. The minimum absolute atomic E-state index is 0.570. The average molecular weight is 288 g/mol. The smallest absolute Gasteiger partial charge is 0.157 e. The molecule has 0 atom stereocenters. The first-order valence-corrected chi connectivity index (χ1v) is 6.78. The maximum absolute atomic E-state index is 6.24. The van der Waals surface area contributed by atoms with E-state index >= 15 is 0 Å². The van der Waals surface area contributed by atoms with E-state index in [0.717, 1.165) is 34.8 Å². The summed E-state index contributed by atoms with van der Waals surface area (Å²) in [4.78, 5) is 4.53. The van der Waals surface area contributed by atoms with Gasteiger partial charge >= 0.3 is 0 Å². The van der Waals surface area contributed by atoms with Crippen molar-refractivity contribution < 1.29 is 4.74 Å². The molecule has 0 fully saturated rings. The lowest BCUT2D eigenvalue weighted by atomic mass is 10.1. The molecule has 102 valence electrons. The Hall–Kier alpha value is -2.07. The molecule has 0 radical (unpaired) electrons. The summed E-state index contributed by atoms with van der Waals surface area (Å²) in [7, 11) is 1.65. The molecular formula is C15H14ClN3O. The van der Waals surface area contributed by atoms with Gasteiger partial charge in [0, 0.05) is 17.3 Å². The van der Waals surface area contributed by atoms with Crippen molar-refractivity contribution >= 4 is 17.2 Å². The molecule has 20 heavy (non-hydrogen) atoms. The van der Waals surface area contributed by atoms with Gasteiger partial charge < -0.3 is 4.74 Å². The van der Waals surface area contributed by atoms with Gasteiger partial charge in [-0.15, -0.1) is 0 Å². The average Bonchev–Trinajstić information content (AvgIpc) is 2.92. The first-order valence-electron chi connectivity index (χ1n) is 6.41. The highest BCUT2D eigenvalue weighted by molar-refractivity contribution is 6.29. The van der Waals surface area contributed by atoms with E-state index in [1.165, 1.54) is 0 Å². The van der Waals surface area contributed by atoms with Crippen LogP contribution in [0.25, 0.3) is 16.9 Å². The van der Waals surface area contributed by atoms with Gasteiger partial charge in [0.2, 0.25) is 0 Å². The number of ether oxygens (including phenoxy) is 1. The molecule has 1 aromatic carbocycles. The number of fused-ring (bicyclic) bond motifs is 1.